The Hall–Kier alpha value is -2.15. The zero-order chi connectivity index (χ0) is 20.6. The third-order valence-corrected chi connectivity index (χ3v) is 7.68. The van der Waals surface area contributed by atoms with E-state index in [0.29, 0.717) is 11.8 Å². The molecule has 1 saturated carbocycles. The molecule has 2 saturated heterocycles. The van der Waals surface area contributed by atoms with E-state index in [1.165, 1.54) is 0 Å². The standard InChI is InChI=1S/C22H33N5O2/c1-4-26-15-18-21(7-8-22(18,16-26)19(28)25(2)3)9-13-27(14-10-21)20(29)24-17-5-11-23-12-6-17/h5-6,11-12,18H,4,7-10,13-16H2,1-3H3,(H,23,24,29)/t18-,22+/m0/s1. The van der Waals surface area contributed by atoms with E-state index in [1.807, 2.05) is 19.0 Å². The van der Waals surface area contributed by atoms with Gasteiger partial charge in [-0.05, 0) is 55.7 Å². The molecular weight excluding hydrogens is 366 g/mol. The molecule has 3 amide bonds. The first kappa shape index (κ1) is 20.1. The lowest BCUT2D eigenvalue weighted by Crippen LogP contribution is -2.50. The van der Waals surface area contributed by atoms with E-state index >= 15 is 0 Å². The molecule has 1 aromatic rings. The molecule has 1 spiro atoms. The van der Waals surface area contributed by atoms with Gasteiger partial charge in [0.05, 0.1) is 5.41 Å². The van der Waals surface area contributed by atoms with Crippen molar-refractivity contribution in [2.45, 2.75) is 32.6 Å². The second-order valence-electron chi connectivity index (χ2n) is 9.25. The van der Waals surface area contributed by atoms with E-state index in [-0.39, 0.29) is 16.9 Å². The predicted molar refractivity (Wildman–Crippen MR) is 112 cm³/mol. The quantitative estimate of drug-likeness (QED) is 0.848. The Morgan fingerprint density at radius 1 is 1.17 bits per heavy atom. The molecule has 2 atom stereocenters. The van der Waals surface area contributed by atoms with E-state index in [9.17, 15) is 9.59 Å². The van der Waals surface area contributed by atoms with Crippen molar-refractivity contribution >= 4 is 17.6 Å². The number of nitrogens with zero attached hydrogens (tertiary/aromatic N) is 4. The normalized spacial score (nSPS) is 28.4. The Kier molecular flexibility index (Phi) is 5.27. The van der Waals surface area contributed by atoms with Gasteiger partial charge >= 0.3 is 6.03 Å². The number of rotatable bonds is 3. The van der Waals surface area contributed by atoms with Crippen LogP contribution in [0, 0.1) is 16.7 Å². The molecule has 7 nitrogen and oxygen atoms in total. The summed E-state index contributed by atoms with van der Waals surface area (Å²) in [5.74, 6) is 0.698. The van der Waals surface area contributed by atoms with Crippen molar-refractivity contribution < 1.29 is 9.59 Å². The van der Waals surface area contributed by atoms with Crippen molar-refractivity contribution in [3.63, 3.8) is 0 Å². The second-order valence-corrected chi connectivity index (χ2v) is 9.25. The molecule has 0 bridgehead atoms. The first-order chi connectivity index (χ1) is 13.9. The molecule has 3 aliphatic rings. The van der Waals surface area contributed by atoms with Crippen molar-refractivity contribution in [3.05, 3.63) is 24.5 Å². The lowest BCUT2D eigenvalue weighted by atomic mass is 9.65. The van der Waals surface area contributed by atoms with Gasteiger partial charge in [0.15, 0.2) is 0 Å². The molecule has 158 valence electrons. The van der Waals surface area contributed by atoms with Crippen LogP contribution in [0.15, 0.2) is 24.5 Å². The lowest BCUT2D eigenvalue weighted by molar-refractivity contribution is -0.141. The van der Waals surface area contributed by atoms with Crippen LogP contribution in [-0.4, -0.2) is 78.4 Å². The number of fused-ring (bicyclic) bond motifs is 2. The highest BCUT2D eigenvalue weighted by Gasteiger charge is 2.64. The number of amides is 3. The summed E-state index contributed by atoms with van der Waals surface area (Å²) in [4.78, 5) is 36.1. The number of hydrogen-bond acceptors (Lipinski definition) is 4. The summed E-state index contributed by atoms with van der Waals surface area (Å²) in [5, 5.41) is 2.97. The number of urea groups is 1. The average molecular weight is 400 g/mol. The molecule has 3 fully saturated rings. The van der Waals surface area contributed by atoms with Crippen molar-refractivity contribution in [2.24, 2.45) is 16.7 Å². The number of likely N-dealkylation sites (tertiary alicyclic amines) is 2. The summed E-state index contributed by atoms with van der Waals surface area (Å²) < 4.78 is 0. The van der Waals surface area contributed by atoms with E-state index in [0.717, 1.165) is 64.1 Å². The Morgan fingerprint density at radius 3 is 2.48 bits per heavy atom. The van der Waals surface area contributed by atoms with Crippen molar-refractivity contribution in [3.8, 4) is 0 Å². The van der Waals surface area contributed by atoms with Crippen LogP contribution in [0.4, 0.5) is 10.5 Å². The highest BCUT2D eigenvalue weighted by atomic mass is 16.2. The third kappa shape index (κ3) is 3.39. The largest absolute Gasteiger partial charge is 0.348 e. The van der Waals surface area contributed by atoms with Crippen LogP contribution in [0.25, 0.3) is 0 Å². The SMILES string of the molecule is CCN1C[C@H]2C3(CCN(C(=O)Nc4ccncc4)CC3)CC[C@@]2(C(=O)N(C)C)C1. The van der Waals surface area contributed by atoms with E-state index < -0.39 is 0 Å². The molecule has 3 heterocycles. The van der Waals surface area contributed by atoms with Gasteiger partial charge in [-0.2, -0.15) is 0 Å². The van der Waals surface area contributed by atoms with Crippen LogP contribution in [0.1, 0.15) is 32.6 Å². The van der Waals surface area contributed by atoms with Gasteiger partial charge in [-0.15, -0.1) is 0 Å². The van der Waals surface area contributed by atoms with Crippen molar-refractivity contribution in [1.29, 1.82) is 0 Å². The van der Waals surface area contributed by atoms with E-state index in [1.54, 1.807) is 29.4 Å². The minimum absolute atomic E-state index is 0.0405. The van der Waals surface area contributed by atoms with Gasteiger partial charge in [-0.1, -0.05) is 6.92 Å². The number of piperidine rings is 1. The average Bonchev–Trinajstić information content (AvgIpc) is 3.25. The van der Waals surface area contributed by atoms with E-state index in [4.69, 9.17) is 0 Å². The Balaban J connectivity index is 1.46. The summed E-state index contributed by atoms with van der Waals surface area (Å²) in [6.45, 7) is 6.60. The Bertz CT molecular complexity index is 760. The van der Waals surface area contributed by atoms with Crippen LogP contribution in [0.5, 0.6) is 0 Å². The summed E-state index contributed by atoms with van der Waals surface area (Å²) in [5.41, 5.74) is 0.723. The monoisotopic (exact) mass is 399 g/mol. The first-order valence-corrected chi connectivity index (χ1v) is 10.8. The number of hydrogen-bond donors (Lipinski definition) is 1. The fraction of sp³-hybridized carbons (Fsp3) is 0.682. The van der Waals surface area contributed by atoms with E-state index in [2.05, 4.69) is 22.1 Å². The third-order valence-electron chi connectivity index (χ3n) is 7.68. The van der Waals surface area contributed by atoms with Crippen LogP contribution in [0.2, 0.25) is 0 Å². The minimum Gasteiger partial charge on any atom is -0.348 e. The smallest absolute Gasteiger partial charge is 0.321 e. The lowest BCUT2D eigenvalue weighted by Gasteiger charge is -2.44. The number of aromatic nitrogens is 1. The van der Waals surface area contributed by atoms with Gasteiger partial charge in [-0.25, -0.2) is 4.79 Å². The molecule has 0 unspecified atom stereocenters. The van der Waals surface area contributed by atoms with Crippen molar-refractivity contribution in [1.82, 2.24) is 19.7 Å². The molecule has 7 heteroatoms. The maximum Gasteiger partial charge on any atom is 0.321 e. The highest BCUT2D eigenvalue weighted by Crippen LogP contribution is 2.62. The molecule has 1 N–H and O–H groups in total. The molecule has 1 aromatic heterocycles. The minimum atomic E-state index is -0.235. The number of carbonyl (C=O) groups excluding carboxylic acids is 2. The summed E-state index contributed by atoms with van der Waals surface area (Å²) in [6.07, 6.45) is 7.42. The fourth-order valence-corrected chi connectivity index (χ4v) is 6.09. The van der Waals surface area contributed by atoms with Crippen LogP contribution < -0.4 is 5.32 Å². The van der Waals surface area contributed by atoms with Gasteiger partial charge in [0, 0.05) is 58.4 Å². The molecule has 2 aliphatic heterocycles. The highest BCUT2D eigenvalue weighted by molar-refractivity contribution is 5.89. The van der Waals surface area contributed by atoms with Gasteiger partial charge in [0.2, 0.25) is 5.91 Å². The summed E-state index contributed by atoms with van der Waals surface area (Å²) in [7, 11) is 3.78. The number of pyridine rings is 1. The van der Waals surface area contributed by atoms with Gasteiger partial charge in [-0.3, -0.25) is 9.78 Å². The number of carbonyl (C=O) groups is 2. The predicted octanol–water partition coefficient (Wildman–Crippen LogP) is 2.52. The number of anilines is 1. The molecule has 1 aliphatic carbocycles. The molecule has 4 rings (SSSR count). The summed E-state index contributed by atoms with van der Waals surface area (Å²) in [6, 6.07) is 3.57. The Morgan fingerprint density at radius 2 is 1.86 bits per heavy atom. The second kappa shape index (κ2) is 7.59. The molecule has 0 radical (unpaired) electrons. The molecule has 29 heavy (non-hydrogen) atoms. The molecule has 0 aromatic carbocycles. The number of nitrogens with one attached hydrogen (secondary N) is 1. The first-order valence-electron chi connectivity index (χ1n) is 10.8. The maximum absolute atomic E-state index is 13.2. The topological polar surface area (TPSA) is 68.8 Å². The van der Waals surface area contributed by atoms with Crippen molar-refractivity contribution in [2.75, 3.05) is 52.1 Å². The fourth-order valence-electron chi connectivity index (χ4n) is 6.09. The van der Waals surface area contributed by atoms with Gasteiger partial charge in [0.1, 0.15) is 0 Å². The van der Waals surface area contributed by atoms with Gasteiger partial charge in [0.25, 0.3) is 0 Å². The van der Waals surface area contributed by atoms with Gasteiger partial charge < -0.3 is 20.0 Å². The van der Waals surface area contributed by atoms with Crippen LogP contribution >= 0.6 is 0 Å². The zero-order valence-corrected chi connectivity index (χ0v) is 17.9. The summed E-state index contributed by atoms with van der Waals surface area (Å²) >= 11 is 0. The van der Waals surface area contributed by atoms with Crippen LogP contribution in [-0.2, 0) is 4.79 Å². The van der Waals surface area contributed by atoms with Crippen LogP contribution in [0.3, 0.4) is 0 Å². The Labute approximate surface area is 173 Å². The molecular formula is C22H33N5O2. The maximum atomic E-state index is 13.2. The zero-order valence-electron chi connectivity index (χ0n) is 17.9.